The van der Waals surface area contributed by atoms with E-state index in [2.05, 4.69) is 15.3 Å². The fraction of sp³-hybridized carbons (Fsp3) is 0.412. The van der Waals surface area contributed by atoms with Gasteiger partial charge in [-0.05, 0) is 25.0 Å². The lowest BCUT2D eigenvalue weighted by Gasteiger charge is -2.25. The molecule has 2 fully saturated rings. The third kappa shape index (κ3) is 3.68. The smallest absolute Gasteiger partial charge is 0.274 e. The Kier molecular flexibility index (Phi) is 4.44. The summed E-state index contributed by atoms with van der Waals surface area (Å²) in [4.78, 5) is 34.6. The van der Waals surface area contributed by atoms with Gasteiger partial charge in [-0.3, -0.25) is 14.2 Å². The van der Waals surface area contributed by atoms with Crippen molar-refractivity contribution in [1.29, 1.82) is 0 Å². The van der Waals surface area contributed by atoms with Crippen LogP contribution in [0, 0.1) is 5.92 Å². The Morgan fingerprint density at radius 1 is 1.16 bits per heavy atom. The maximum Gasteiger partial charge on any atom is 0.274 e. The summed E-state index contributed by atoms with van der Waals surface area (Å²) in [5, 5.41) is 2.86. The van der Waals surface area contributed by atoms with Gasteiger partial charge in [0.25, 0.3) is 5.91 Å². The summed E-state index contributed by atoms with van der Waals surface area (Å²) in [5.74, 6) is 2.79. The molecule has 25 heavy (non-hydrogen) atoms. The van der Waals surface area contributed by atoms with Crippen LogP contribution in [-0.2, 0) is 4.79 Å². The number of pyridine rings is 1. The van der Waals surface area contributed by atoms with E-state index in [-0.39, 0.29) is 17.7 Å². The quantitative estimate of drug-likeness (QED) is 0.903. The summed E-state index contributed by atoms with van der Waals surface area (Å²) in [6.45, 7) is 1.54. The number of anilines is 1. The zero-order chi connectivity index (χ0) is 17.2. The molecule has 4 rings (SSSR count). The zero-order valence-corrected chi connectivity index (χ0v) is 14.5. The van der Waals surface area contributed by atoms with E-state index in [0.717, 1.165) is 37.4 Å². The van der Waals surface area contributed by atoms with Gasteiger partial charge >= 0.3 is 0 Å². The minimum Gasteiger partial charge on any atom is -0.336 e. The van der Waals surface area contributed by atoms with Crippen LogP contribution < -0.4 is 5.32 Å². The Morgan fingerprint density at radius 3 is 2.64 bits per heavy atom. The highest BCUT2D eigenvalue weighted by molar-refractivity contribution is 7.99. The van der Waals surface area contributed by atoms with Gasteiger partial charge in [0.05, 0.1) is 11.9 Å². The molecule has 0 atom stereocenters. The summed E-state index contributed by atoms with van der Waals surface area (Å²) in [7, 11) is 0. The maximum atomic E-state index is 12.5. The van der Waals surface area contributed by atoms with E-state index in [1.165, 1.54) is 0 Å². The molecule has 130 valence electrons. The van der Waals surface area contributed by atoms with Crippen molar-refractivity contribution in [2.24, 2.45) is 5.92 Å². The molecule has 2 aliphatic rings. The molecule has 7 nitrogen and oxygen atoms in total. The molecule has 0 spiro atoms. The van der Waals surface area contributed by atoms with Gasteiger partial charge in [0.1, 0.15) is 17.8 Å². The first kappa shape index (κ1) is 16.1. The second kappa shape index (κ2) is 6.87. The van der Waals surface area contributed by atoms with Gasteiger partial charge in [0, 0.05) is 36.7 Å². The largest absolute Gasteiger partial charge is 0.336 e. The fourth-order valence-corrected chi connectivity index (χ4v) is 3.59. The molecule has 2 aromatic rings. The van der Waals surface area contributed by atoms with Crippen molar-refractivity contribution in [3.8, 4) is 5.82 Å². The minimum atomic E-state index is -0.0348. The van der Waals surface area contributed by atoms with Crippen molar-refractivity contribution < 1.29 is 9.59 Å². The van der Waals surface area contributed by atoms with Crippen LogP contribution in [0.2, 0.25) is 0 Å². The first-order valence-electron chi connectivity index (χ1n) is 8.39. The van der Waals surface area contributed by atoms with Crippen LogP contribution in [0.5, 0.6) is 0 Å². The molecule has 1 N–H and O–H groups in total. The predicted octanol–water partition coefficient (Wildman–Crippen LogP) is 1.80. The summed E-state index contributed by atoms with van der Waals surface area (Å²) in [6.07, 6.45) is 6.86. The lowest BCUT2D eigenvalue weighted by Crippen LogP contribution is -2.38. The van der Waals surface area contributed by atoms with Crippen LogP contribution in [0.1, 0.15) is 23.3 Å². The van der Waals surface area contributed by atoms with Crippen LogP contribution in [0.4, 0.5) is 5.69 Å². The number of carbonyl (C=O) groups excluding carboxylic acids is 2. The molecule has 2 aromatic heterocycles. The standard InChI is InChI=1S/C17H19N5O2S/c23-16(12-1-2-12)20-13-3-4-15(18-9-13)22-10-14(19-11-22)17(24)21-5-7-25-8-6-21/h3-4,9-12H,1-2,5-8H2,(H,20,23). The summed E-state index contributed by atoms with van der Waals surface area (Å²) < 4.78 is 1.72. The van der Waals surface area contributed by atoms with Gasteiger partial charge < -0.3 is 10.2 Å². The van der Waals surface area contributed by atoms with E-state index < -0.39 is 0 Å². The minimum absolute atomic E-state index is 0.0348. The van der Waals surface area contributed by atoms with Crippen molar-refractivity contribution in [3.63, 3.8) is 0 Å². The number of thioether (sulfide) groups is 1. The van der Waals surface area contributed by atoms with Crippen LogP contribution in [0.3, 0.4) is 0 Å². The maximum absolute atomic E-state index is 12.5. The van der Waals surface area contributed by atoms with Crippen molar-refractivity contribution in [1.82, 2.24) is 19.4 Å². The predicted molar refractivity (Wildman–Crippen MR) is 95.9 cm³/mol. The van der Waals surface area contributed by atoms with E-state index in [0.29, 0.717) is 17.2 Å². The van der Waals surface area contributed by atoms with E-state index in [9.17, 15) is 9.59 Å². The fourth-order valence-electron chi connectivity index (χ4n) is 2.69. The Balaban J connectivity index is 1.44. The van der Waals surface area contributed by atoms with Gasteiger partial charge in [-0.1, -0.05) is 0 Å². The number of aromatic nitrogens is 3. The van der Waals surface area contributed by atoms with Crippen LogP contribution >= 0.6 is 11.8 Å². The van der Waals surface area contributed by atoms with E-state index in [4.69, 9.17) is 0 Å². The number of imidazole rings is 1. The lowest BCUT2D eigenvalue weighted by atomic mass is 10.3. The highest BCUT2D eigenvalue weighted by atomic mass is 32.2. The molecular formula is C17H19N5O2S. The average molecular weight is 357 g/mol. The monoisotopic (exact) mass is 357 g/mol. The van der Waals surface area contributed by atoms with Crippen LogP contribution in [-0.4, -0.2) is 55.8 Å². The molecule has 1 aliphatic heterocycles. The number of hydrogen-bond acceptors (Lipinski definition) is 5. The second-order valence-corrected chi connectivity index (χ2v) is 7.46. The molecule has 1 saturated carbocycles. The Bertz CT molecular complexity index is 779. The number of nitrogens with one attached hydrogen (secondary N) is 1. The summed E-state index contributed by atoms with van der Waals surface area (Å²) in [5.41, 5.74) is 1.11. The highest BCUT2D eigenvalue weighted by Crippen LogP contribution is 2.30. The molecule has 3 heterocycles. The number of rotatable bonds is 4. The molecule has 0 bridgehead atoms. The molecule has 0 unspecified atom stereocenters. The molecule has 1 aliphatic carbocycles. The Labute approximate surface area is 149 Å². The third-order valence-electron chi connectivity index (χ3n) is 4.33. The van der Waals surface area contributed by atoms with Crippen LogP contribution in [0.15, 0.2) is 30.9 Å². The molecule has 1 saturated heterocycles. The molecule has 0 aromatic carbocycles. The molecule has 8 heteroatoms. The molecular weight excluding hydrogens is 338 g/mol. The van der Waals surface area contributed by atoms with Gasteiger partial charge in [-0.2, -0.15) is 11.8 Å². The lowest BCUT2D eigenvalue weighted by molar-refractivity contribution is -0.117. The van der Waals surface area contributed by atoms with Gasteiger partial charge in [0.2, 0.25) is 5.91 Å². The summed E-state index contributed by atoms with van der Waals surface area (Å²) >= 11 is 1.86. The SMILES string of the molecule is O=C(Nc1ccc(-n2cnc(C(=O)N3CCSCC3)c2)nc1)C1CC1. The van der Waals surface area contributed by atoms with E-state index in [1.807, 2.05) is 22.7 Å². The zero-order valence-electron chi connectivity index (χ0n) is 13.7. The number of carbonyl (C=O) groups is 2. The topological polar surface area (TPSA) is 80.1 Å². The first-order chi connectivity index (χ1) is 12.2. The first-order valence-corrected chi connectivity index (χ1v) is 9.54. The van der Waals surface area contributed by atoms with Crippen molar-refractivity contribution >= 4 is 29.3 Å². The average Bonchev–Trinajstić information content (AvgIpc) is 3.40. The molecule has 2 amide bonds. The van der Waals surface area contributed by atoms with Crippen molar-refractivity contribution in [3.05, 3.63) is 36.5 Å². The van der Waals surface area contributed by atoms with E-state index in [1.54, 1.807) is 29.4 Å². The Morgan fingerprint density at radius 2 is 1.96 bits per heavy atom. The summed E-state index contributed by atoms with van der Waals surface area (Å²) in [6, 6.07) is 3.61. The van der Waals surface area contributed by atoms with Gasteiger partial charge in [0.15, 0.2) is 0 Å². The third-order valence-corrected chi connectivity index (χ3v) is 5.27. The second-order valence-electron chi connectivity index (χ2n) is 6.24. The number of hydrogen-bond donors (Lipinski definition) is 1. The van der Waals surface area contributed by atoms with Crippen LogP contribution in [0.25, 0.3) is 5.82 Å². The van der Waals surface area contributed by atoms with Crippen molar-refractivity contribution in [2.45, 2.75) is 12.8 Å². The van der Waals surface area contributed by atoms with Gasteiger partial charge in [-0.25, -0.2) is 9.97 Å². The van der Waals surface area contributed by atoms with Gasteiger partial charge in [-0.15, -0.1) is 0 Å². The number of nitrogens with zero attached hydrogens (tertiary/aromatic N) is 4. The Hall–Kier alpha value is -2.35. The molecule has 0 radical (unpaired) electrons. The van der Waals surface area contributed by atoms with E-state index >= 15 is 0 Å². The van der Waals surface area contributed by atoms with Crippen molar-refractivity contribution in [2.75, 3.05) is 29.9 Å². The normalized spacial score (nSPS) is 17.4. The number of amides is 2. The highest BCUT2D eigenvalue weighted by Gasteiger charge is 2.29.